The highest BCUT2D eigenvalue weighted by molar-refractivity contribution is 5.63. The maximum absolute atomic E-state index is 14.2. The van der Waals surface area contributed by atoms with E-state index in [1.165, 1.54) is 0 Å². The van der Waals surface area contributed by atoms with Gasteiger partial charge in [0.15, 0.2) is 11.6 Å². The Morgan fingerprint density at radius 1 is 1.28 bits per heavy atom. The summed E-state index contributed by atoms with van der Waals surface area (Å²) < 4.78 is 24.5. The van der Waals surface area contributed by atoms with Crippen LogP contribution in [0.5, 0.6) is 11.5 Å². The summed E-state index contributed by atoms with van der Waals surface area (Å²) >= 11 is 0. The molecule has 0 atom stereocenters. The Kier molecular flexibility index (Phi) is 3.77. The van der Waals surface area contributed by atoms with Gasteiger partial charge in [0, 0.05) is 17.8 Å². The molecule has 0 amide bonds. The normalized spacial score (nSPS) is 10.2. The van der Waals surface area contributed by atoms with E-state index in [1.807, 2.05) is 6.92 Å². The van der Waals surface area contributed by atoms with Crippen LogP contribution in [-0.2, 0) is 0 Å². The summed E-state index contributed by atoms with van der Waals surface area (Å²) in [5.41, 5.74) is 0.924. The molecule has 0 spiro atoms. The van der Waals surface area contributed by atoms with Gasteiger partial charge in [-0.2, -0.15) is 0 Å². The lowest BCUT2D eigenvalue weighted by atomic mass is 10.1. The largest absolute Gasteiger partial charge is 0.497 e. The number of methoxy groups -OCH3 is 1. The second kappa shape index (κ2) is 5.49. The molecular formula is C14H14FNO2. The molecule has 0 aliphatic heterocycles. The predicted octanol–water partition coefficient (Wildman–Crippen LogP) is 3.30. The van der Waals surface area contributed by atoms with Crippen molar-refractivity contribution >= 4 is 0 Å². The van der Waals surface area contributed by atoms with Gasteiger partial charge < -0.3 is 9.47 Å². The Hall–Kier alpha value is -2.10. The standard InChI is InChI=1S/C14H14FNO2/c1-3-18-13-6-4-5-11(14(13)15)12-9-10(17-2)7-8-16-12/h4-9H,3H2,1-2H3. The number of benzene rings is 1. The van der Waals surface area contributed by atoms with Crippen molar-refractivity contribution in [2.24, 2.45) is 0 Å². The summed E-state index contributed by atoms with van der Waals surface area (Å²) in [6.45, 7) is 2.24. The first-order chi connectivity index (χ1) is 8.76. The fourth-order valence-electron chi connectivity index (χ4n) is 1.66. The number of pyridine rings is 1. The molecule has 1 aromatic carbocycles. The van der Waals surface area contributed by atoms with Crippen molar-refractivity contribution in [2.75, 3.05) is 13.7 Å². The molecule has 0 N–H and O–H groups in total. The van der Waals surface area contributed by atoms with E-state index >= 15 is 0 Å². The SMILES string of the molecule is CCOc1cccc(-c2cc(OC)ccn2)c1F. The van der Waals surface area contributed by atoms with E-state index in [2.05, 4.69) is 4.98 Å². The molecule has 0 saturated heterocycles. The van der Waals surface area contributed by atoms with Gasteiger partial charge in [-0.25, -0.2) is 4.39 Å². The highest BCUT2D eigenvalue weighted by Crippen LogP contribution is 2.29. The van der Waals surface area contributed by atoms with Gasteiger partial charge in [-0.1, -0.05) is 6.07 Å². The van der Waals surface area contributed by atoms with E-state index < -0.39 is 5.82 Å². The van der Waals surface area contributed by atoms with Crippen LogP contribution in [0.3, 0.4) is 0 Å². The summed E-state index contributed by atoms with van der Waals surface area (Å²) in [5, 5.41) is 0. The van der Waals surface area contributed by atoms with Gasteiger partial charge in [-0.05, 0) is 25.1 Å². The molecule has 0 bridgehead atoms. The quantitative estimate of drug-likeness (QED) is 0.830. The summed E-state index contributed by atoms with van der Waals surface area (Å²) in [6, 6.07) is 8.41. The van der Waals surface area contributed by atoms with Gasteiger partial charge in [0.2, 0.25) is 0 Å². The number of aromatic nitrogens is 1. The van der Waals surface area contributed by atoms with Crippen LogP contribution in [-0.4, -0.2) is 18.7 Å². The molecule has 2 aromatic rings. The number of nitrogens with zero attached hydrogens (tertiary/aromatic N) is 1. The second-order valence-corrected chi connectivity index (χ2v) is 3.63. The fraction of sp³-hybridized carbons (Fsp3) is 0.214. The van der Waals surface area contributed by atoms with E-state index in [-0.39, 0.29) is 5.75 Å². The number of hydrogen-bond donors (Lipinski definition) is 0. The van der Waals surface area contributed by atoms with Crippen molar-refractivity contribution in [3.63, 3.8) is 0 Å². The van der Waals surface area contributed by atoms with Gasteiger partial charge >= 0.3 is 0 Å². The average Bonchev–Trinajstić information content (AvgIpc) is 2.41. The Morgan fingerprint density at radius 2 is 2.11 bits per heavy atom. The van der Waals surface area contributed by atoms with Crippen molar-refractivity contribution in [1.82, 2.24) is 4.98 Å². The van der Waals surface area contributed by atoms with E-state index in [0.717, 1.165) is 0 Å². The van der Waals surface area contributed by atoms with Crippen LogP contribution in [0.25, 0.3) is 11.3 Å². The van der Waals surface area contributed by atoms with Crippen LogP contribution in [0.4, 0.5) is 4.39 Å². The van der Waals surface area contributed by atoms with Gasteiger partial charge in [-0.3, -0.25) is 4.98 Å². The van der Waals surface area contributed by atoms with Gasteiger partial charge in [-0.15, -0.1) is 0 Å². The molecule has 4 heteroatoms. The predicted molar refractivity (Wildman–Crippen MR) is 67.4 cm³/mol. The summed E-state index contributed by atoms with van der Waals surface area (Å²) in [7, 11) is 1.56. The Balaban J connectivity index is 2.46. The van der Waals surface area contributed by atoms with Gasteiger partial charge in [0.1, 0.15) is 5.75 Å². The minimum absolute atomic E-state index is 0.236. The van der Waals surface area contributed by atoms with Crippen LogP contribution in [0.1, 0.15) is 6.92 Å². The number of rotatable bonds is 4. The molecular weight excluding hydrogens is 233 g/mol. The molecule has 0 aliphatic rings. The van der Waals surface area contributed by atoms with Gasteiger partial charge in [0.05, 0.1) is 19.4 Å². The molecule has 0 aliphatic carbocycles. The third kappa shape index (κ3) is 2.42. The van der Waals surface area contributed by atoms with Crippen molar-refractivity contribution in [1.29, 1.82) is 0 Å². The van der Waals surface area contributed by atoms with Crippen molar-refractivity contribution in [3.05, 3.63) is 42.3 Å². The molecule has 1 aromatic heterocycles. The number of hydrogen-bond acceptors (Lipinski definition) is 3. The van der Waals surface area contributed by atoms with Crippen LogP contribution in [0.15, 0.2) is 36.5 Å². The van der Waals surface area contributed by atoms with Crippen molar-refractivity contribution in [2.45, 2.75) is 6.92 Å². The average molecular weight is 247 g/mol. The first-order valence-corrected chi connectivity index (χ1v) is 5.68. The van der Waals surface area contributed by atoms with Crippen LogP contribution >= 0.6 is 0 Å². The zero-order valence-electron chi connectivity index (χ0n) is 10.3. The summed E-state index contributed by atoms with van der Waals surface area (Å²) in [4.78, 5) is 4.14. The Labute approximate surface area is 105 Å². The molecule has 94 valence electrons. The summed E-state index contributed by atoms with van der Waals surface area (Å²) in [6.07, 6.45) is 1.58. The zero-order chi connectivity index (χ0) is 13.0. The third-order valence-electron chi connectivity index (χ3n) is 2.51. The van der Waals surface area contributed by atoms with Crippen LogP contribution in [0, 0.1) is 5.82 Å². The third-order valence-corrected chi connectivity index (χ3v) is 2.51. The smallest absolute Gasteiger partial charge is 0.174 e. The van der Waals surface area contributed by atoms with Crippen LogP contribution in [0.2, 0.25) is 0 Å². The van der Waals surface area contributed by atoms with Gasteiger partial charge in [0.25, 0.3) is 0 Å². The summed E-state index contributed by atoms with van der Waals surface area (Å²) in [5.74, 6) is 0.473. The molecule has 18 heavy (non-hydrogen) atoms. The lowest BCUT2D eigenvalue weighted by Gasteiger charge is -2.09. The van der Waals surface area contributed by atoms with E-state index in [9.17, 15) is 4.39 Å². The zero-order valence-corrected chi connectivity index (χ0v) is 10.3. The minimum Gasteiger partial charge on any atom is -0.497 e. The first kappa shape index (κ1) is 12.4. The molecule has 0 unspecified atom stereocenters. The van der Waals surface area contributed by atoms with Crippen molar-refractivity contribution in [3.8, 4) is 22.8 Å². The highest BCUT2D eigenvalue weighted by atomic mass is 19.1. The highest BCUT2D eigenvalue weighted by Gasteiger charge is 2.12. The molecule has 2 rings (SSSR count). The van der Waals surface area contributed by atoms with Crippen molar-refractivity contribution < 1.29 is 13.9 Å². The molecule has 1 heterocycles. The Bertz CT molecular complexity index is 543. The number of ether oxygens (including phenoxy) is 2. The fourth-order valence-corrected chi connectivity index (χ4v) is 1.66. The van der Waals surface area contributed by atoms with E-state index in [0.29, 0.717) is 23.6 Å². The maximum atomic E-state index is 14.2. The Morgan fingerprint density at radius 3 is 2.83 bits per heavy atom. The van der Waals surface area contributed by atoms with Crippen LogP contribution < -0.4 is 9.47 Å². The molecule has 0 saturated carbocycles. The topological polar surface area (TPSA) is 31.4 Å². The monoisotopic (exact) mass is 247 g/mol. The van der Waals surface area contributed by atoms with E-state index in [4.69, 9.17) is 9.47 Å². The number of halogens is 1. The second-order valence-electron chi connectivity index (χ2n) is 3.63. The lowest BCUT2D eigenvalue weighted by molar-refractivity contribution is 0.322. The maximum Gasteiger partial charge on any atom is 0.174 e. The molecule has 0 radical (unpaired) electrons. The molecule has 0 fully saturated rings. The molecule has 3 nitrogen and oxygen atoms in total. The lowest BCUT2D eigenvalue weighted by Crippen LogP contribution is -1.97. The van der Waals surface area contributed by atoms with E-state index in [1.54, 1.807) is 43.6 Å². The minimum atomic E-state index is -0.403. The first-order valence-electron chi connectivity index (χ1n) is 5.68.